The number of fused-ring (bicyclic) bond motifs is 2. The van der Waals surface area contributed by atoms with Crippen LogP contribution >= 0.6 is 0 Å². The van der Waals surface area contributed by atoms with E-state index >= 15 is 0 Å². The van der Waals surface area contributed by atoms with Gasteiger partial charge in [0.25, 0.3) is 43.7 Å². The predicted molar refractivity (Wildman–Crippen MR) is 477 cm³/mol. The maximum atomic E-state index is 11.1. The van der Waals surface area contributed by atoms with Crippen LogP contribution in [0, 0.1) is 0 Å². The second-order valence-corrected chi connectivity index (χ2v) is 38.7. The molecule has 11 rings (SSSR count). The molecular formula is C66H101N25O42S9. The lowest BCUT2D eigenvalue weighted by molar-refractivity contribution is -0.464. The van der Waals surface area contributed by atoms with E-state index in [0.29, 0.717) is 77.5 Å². The van der Waals surface area contributed by atoms with E-state index in [9.17, 15) is 140 Å². The van der Waals surface area contributed by atoms with E-state index in [4.69, 9.17) is 72.0 Å². The molecule has 0 saturated carbocycles. The molecule has 9 heterocycles. The highest BCUT2D eigenvalue weighted by Crippen LogP contribution is 2.24. The first-order valence-corrected chi connectivity index (χ1v) is 50.6. The molecule has 0 aliphatic carbocycles. The summed E-state index contributed by atoms with van der Waals surface area (Å²) in [7, 11) is -34.7. The zero-order valence-corrected chi connectivity index (χ0v) is 82.2. The molecule has 2 aromatic rings. The largest absolute Gasteiger partial charge is 0.858 e. The minimum atomic E-state index is -3.97. The van der Waals surface area contributed by atoms with Gasteiger partial charge < -0.3 is 121 Å². The van der Waals surface area contributed by atoms with Crippen molar-refractivity contribution in [3.05, 3.63) is 143 Å². The number of nitrogens with zero attached hydrogens (tertiary/aromatic N) is 7. The van der Waals surface area contributed by atoms with Crippen molar-refractivity contribution in [2.45, 2.75) is 134 Å². The first-order chi connectivity index (χ1) is 64.8. The Bertz CT molecular complexity index is 5950. The number of rotatable bonds is 20. The number of guanidine groups is 4. The third-order valence-electron chi connectivity index (χ3n) is 14.2. The average molecular weight is 2210 g/mol. The lowest BCUT2D eigenvalue weighted by atomic mass is 10.2. The Balaban J connectivity index is 0. The van der Waals surface area contributed by atoms with E-state index < -0.39 is 193 Å². The van der Waals surface area contributed by atoms with Crippen LogP contribution in [-0.2, 0) is 155 Å². The Morgan fingerprint density at radius 3 is 0.887 bits per heavy atom. The van der Waals surface area contributed by atoms with Gasteiger partial charge >= 0.3 is 108 Å². The van der Waals surface area contributed by atoms with Crippen molar-refractivity contribution in [3.63, 3.8) is 0 Å². The first kappa shape index (κ1) is 129. The van der Waals surface area contributed by atoms with Crippen LogP contribution in [0.2, 0.25) is 0 Å². The fourth-order valence-corrected chi connectivity index (χ4v) is 15.9. The van der Waals surface area contributed by atoms with E-state index in [2.05, 4.69) is 88.4 Å². The number of hydrogen-bond donors (Lipinski definition) is 22. The summed E-state index contributed by atoms with van der Waals surface area (Å²) in [6.07, 6.45) is 11.7. The fourth-order valence-electron chi connectivity index (χ4n) is 8.66. The monoisotopic (exact) mass is 2200 g/mol. The molecule has 67 nitrogen and oxygen atoms in total. The molecule has 796 valence electrons. The number of nitrogens with one attached hydrogen (secondary N) is 6. The molecule has 0 spiro atoms. The van der Waals surface area contributed by atoms with E-state index in [1.165, 1.54) is 72.7 Å². The van der Waals surface area contributed by atoms with Crippen molar-refractivity contribution in [2.75, 3.05) is 26.2 Å². The average Bonchev–Trinajstić information content (AvgIpc) is 1.64. The minimum absolute atomic E-state index is 0.00926. The van der Waals surface area contributed by atoms with Crippen LogP contribution in [0.15, 0.2) is 173 Å². The van der Waals surface area contributed by atoms with Gasteiger partial charge in [0.05, 0.1) is 23.5 Å². The van der Waals surface area contributed by atoms with Gasteiger partial charge in [0.1, 0.15) is 51.3 Å². The Hall–Kier alpha value is -15.2. The second kappa shape index (κ2) is 59.3. The Morgan fingerprint density at radius 1 is 0.380 bits per heavy atom. The number of carbonyl (C=O) groups excluding carboxylic acids is 4. The Labute approximate surface area is 809 Å². The van der Waals surface area contributed by atoms with Crippen LogP contribution in [0.3, 0.4) is 0 Å². The standard InChI is InChI=1S/2C7H5NO3S.4C6H14N4O2.7C4H5NO4S/c2*9-7-5-3-1-2-4-6(5)12(10,11)8-7;4*7-4(5(11)12)2-1-3-10-6(8)9;7*1-3-2-4(6)5-10(7,8)9-3/h2*1-4H,(H,8,9);4*4H,1-3,7H2,(H,11,12)(H4,8,9,10);7*2H,1H3,(H,5,6)/t;;4*4-;;;;;;;/m..0000......./s1. The zero-order valence-electron chi connectivity index (χ0n) is 74.9. The summed E-state index contributed by atoms with van der Waals surface area (Å²) < 4.78 is 241. The predicted octanol–water partition coefficient (Wildman–Crippen LogP) is -19.0. The summed E-state index contributed by atoms with van der Waals surface area (Å²) >= 11 is 0. The van der Waals surface area contributed by atoms with Gasteiger partial charge in [-0.25, -0.2) is 41.7 Å². The molecule has 0 radical (unpaired) electrons. The first-order valence-electron chi connectivity index (χ1n) is 38.0. The van der Waals surface area contributed by atoms with Crippen LogP contribution in [0.1, 0.15) is 116 Å². The van der Waals surface area contributed by atoms with Crippen molar-refractivity contribution in [1.82, 2.24) is 18.9 Å². The van der Waals surface area contributed by atoms with Crippen molar-refractivity contribution in [1.29, 1.82) is 0 Å². The topological polar surface area (TPSA) is 1180 Å². The normalized spacial score (nSPS) is 18.3. The molecule has 37 N–H and O–H groups in total. The van der Waals surface area contributed by atoms with Crippen molar-refractivity contribution in [3.8, 4) is 0 Å². The number of amides is 4. The summed E-state index contributed by atoms with van der Waals surface area (Å²) in [6, 6.07) is 9.59. The number of benzene rings is 2. The number of aliphatic imine (C=N–C) groups is 2. The quantitative estimate of drug-likeness (QED) is 0.0332. The van der Waals surface area contributed by atoms with E-state index in [-0.39, 0.29) is 85.1 Å². The molecule has 0 unspecified atom stereocenters. The molecule has 0 saturated heterocycles. The second-order valence-electron chi connectivity index (χ2n) is 26.9. The highest BCUT2D eigenvalue weighted by atomic mass is 32.3. The molecule has 76 heteroatoms. The summed E-state index contributed by atoms with van der Waals surface area (Å²) in [6.45, 7) is 11.7. The molecule has 4 amide bonds. The lowest BCUT2D eigenvalue weighted by Crippen LogP contribution is -2.78. The number of carboxylic acids is 4. The van der Waals surface area contributed by atoms with Crippen molar-refractivity contribution in [2.24, 2.45) is 83.6 Å². The number of hydrogen-bond acceptors (Lipinski definition) is 41. The Morgan fingerprint density at radius 2 is 0.648 bits per heavy atom. The minimum Gasteiger partial charge on any atom is -0.858 e. The number of quaternary nitrogens is 3. The number of carbonyl (C=O) groups is 8. The third kappa shape index (κ3) is 59.8. The Kier molecular flexibility index (Phi) is 53.8. The van der Waals surface area contributed by atoms with Crippen molar-refractivity contribution < 1.29 is 217 Å². The third-order valence-corrected chi connectivity index (χ3v) is 23.2. The SMILES string of the molecule is CC1=CC(=O)NS(=O)(=O)O1.CC1=CC(=O)NS(=O)(=O)O1.CC1=CC(=O)NS(=O)(=O)O1.CC1=CC([O-])=NS(=O)(=O)O1.CC1=CC([O-])=NS(=O)(=O)O1.CC1=CC([O-])=NS(=O)(=O)O1.CC1=CC([O-])=NS(=O)(=O)O1.NC(N)=NCCC[C@H](N)C(=O)O.NC(N)=NCCC[C@H]([NH3+])C(=O)O.NC(N)=[NH+]CCC[C@H]([NH3+])C(=O)O.NC(N)=[NH+]CCC[C@H]([NH3+])C(=O)O.O=C1NS(=O)(=O)c2ccccc21.O=S1(=O)N=C([O-])c2ccccc21. The molecule has 9 aliphatic heterocycles. The summed E-state index contributed by atoms with van der Waals surface area (Å²) in [5, 5.41) is 86.2. The van der Waals surface area contributed by atoms with Gasteiger partial charge in [-0.2, -0.15) is 71.7 Å². The van der Waals surface area contributed by atoms with Gasteiger partial charge in [-0.15, -0.1) is 17.6 Å². The fraction of sp³-hybridized carbons (Fsp3) is 0.348. The number of aliphatic carboxylic acids is 4. The zero-order chi connectivity index (χ0) is 110. The van der Waals surface area contributed by atoms with Gasteiger partial charge in [-0.05, 0) is 123 Å². The number of nitrogens with two attached hydrogens (primary N) is 9. The molecule has 0 fully saturated rings. The van der Waals surface area contributed by atoms with Gasteiger partial charge in [-0.1, -0.05) is 30.3 Å². The maximum Gasteiger partial charge on any atom is 0.427 e. The highest BCUT2D eigenvalue weighted by Gasteiger charge is 2.32. The van der Waals surface area contributed by atoms with Crippen LogP contribution < -0.4 is 123 Å². The van der Waals surface area contributed by atoms with Gasteiger partial charge in [0.15, 0.2) is 30.0 Å². The molecule has 9 aliphatic rings. The van der Waals surface area contributed by atoms with Crippen LogP contribution in [0.4, 0.5) is 0 Å². The lowest BCUT2D eigenvalue weighted by Gasteiger charge is -2.12. The van der Waals surface area contributed by atoms with Gasteiger partial charge in [0, 0.05) is 85.6 Å². The highest BCUT2D eigenvalue weighted by molar-refractivity contribution is 7.91. The van der Waals surface area contributed by atoms with Crippen LogP contribution in [0.25, 0.3) is 0 Å². The van der Waals surface area contributed by atoms with E-state index in [1.54, 1.807) is 38.4 Å². The summed E-state index contributed by atoms with van der Waals surface area (Å²) in [5.74, 6) is -9.36. The number of carboxylic acid groups (broad SMARTS) is 4. The van der Waals surface area contributed by atoms with Crippen LogP contribution in [0.5, 0.6) is 0 Å². The molecule has 0 bridgehead atoms. The molecular weight excluding hydrogens is 2100 g/mol. The van der Waals surface area contributed by atoms with Crippen LogP contribution in [-0.4, -0.2) is 247 Å². The molecule has 4 atom stereocenters. The van der Waals surface area contributed by atoms with Crippen molar-refractivity contribution >= 4 is 193 Å². The van der Waals surface area contributed by atoms with Gasteiger partial charge in [-0.3, -0.25) is 66.9 Å². The smallest absolute Gasteiger partial charge is 0.427 e. The molecule has 0 aromatic heterocycles. The maximum absolute atomic E-state index is 11.1. The molecule has 142 heavy (non-hydrogen) atoms. The number of sulfonamides is 2. The van der Waals surface area contributed by atoms with E-state index in [1.807, 2.05) is 4.72 Å². The molecule has 2 aromatic carbocycles. The summed E-state index contributed by atoms with van der Waals surface area (Å²) in [4.78, 5) is 96.2. The van der Waals surface area contributed by atoms with E-state index in [0.717, 1.165) is 42.5 Å². The summed E-state index contributed by atoms with van der Waals surface area (Å²) in [5.41, 5.74) is 56.7. The number of allylic oxidation sites excluding steroid dienone is 7. The van der Waals surface area contributed by atoms with Gasteiger partial charge in [0.2, 0.25) is 0 Å².